The molecule has 1 N–H and O–H groups in total. The maximum atomic E-state index is 12.7. The average molecular weight is 493 g/mol. The summed E-state index contributed by atoms with van der Waals surface area (Å²) in [6.07, 6.45) is 1.63. The highest BCUT2D eigenvalue weighted by Gasteiger charge is 2.36. The first-order valence-corrected chi connectivity index (χ1v) is 11.7. The van der Waals surface area contributed by atoms with Crippen molar-refractivity contribution < 1.29 is 19.1 Å². The molecule has 0 atom stereocenters. The molecule has 1 heterocycles. The van der Waals surface area contributed by atoms with Crippen LogP contribution in [-0.2, 0) is 16.2 Å². The lowest BCUT2D eigenvalue weighted by atomic mass is 10.2. The van der Waals surface area contributed by atoms with Gasteiger partial charge in [0.15, 0.2) is 0 Å². The number of amides is 3. The Morgan fingerprint density at radius 3 is 2.56 bits per heavy atom. The van der Waals surface area contributed by atoms with Crippen LogP contribution in [0.4, 0.5) is 10.5 Å². The number of ether oxygens (including phenoxy) is 1. The summed E-state index contributed by atoms with van der Waals surface area (Å²) in [5.41, 5.74) is 3.23. The molecular weight excluding hydrogens is 472 g/mol. The van der Waals surface area contributed by atoms with Gasteiger partial charge in [0.05, 0.1) is 4.91 Å². The van der Waals surface area contributed by atoms with Crippen LogP contribution in [-0.4, -0.2) is 28.5 Å². The van der Waals surface area contributed by atoms with Gasteiger partial charge in [-0.1, -0.05) is 54.1 Å². The van der Waals surface area contributed by atoms with Crippen LogP contribution in [0.5, 0.6) is 5.75 Å². The Labute approximate surface area is 206 Å². The minimum absolute atomic E-state index is 0.262. The second-order valence-corrected chi connectivity index (χ2v) is 9.04. The first-order valence-electron chi connectivity index (χ1n) is 10.5. The molecule has 0 spiro atoms. The van der Waals surface area contributed by atoms with Gasteiger partial charge in [-0.3, -0.25) is 19.3 Å². The van der Waals surface area contributed by atoms with E-state index in [1.165, 1.54) is 0 Å². The molecule has 0 aromatic heterocycles. The van der Waals surface area contributed by atoms with Crippen LogP contribution >= 0.6 is 23.4 Å². The molecule has 0 bridgehead atoms. The van der Waals surface area contributed by atoms with Crippen molar-refractivity contribution in [2.75, 3.05) is 11.9 Å². The molecule has 3 amide bonds. The van der Waals surface area contributed by atoms with E-state index in [-0.39, 0.29) is 11.4 Å². The lowest BCUT2D eigenvalue weighted by Crippen LogP contribution is -2.36. The normalized spacial score (nSPS) is 14.5. The molecule has 1 fully saturated rings. The maximum absolute atomic E-state index is 12.7. The number of carbonyl (C=O) groups excluding carboxylic acids is 3. The van der Waals surface area contributed by atoms with Gasteiger partial charge in [-0.2, -0.15) is 0 Å². The molecule has 3 aromatic rings. The van der Waals surface area contributed by atoms with E-state index < -0.39 is 17.1 Å². The summed E-state index contributed by atoms with van der Waals surface area (Å²) in [5, 5.41) is 2.88. The third kappa shape index (κ3) is 5.87. The van der Waals surface area contributed by atoms with Crippen LogP contribution in [0, 0.1) is 6.92 Å². The summed E-state index contributed by atoms with van der Waals surface area (Å²) in [5.74, 6) is -0.277. The van der Waals surface area contributed by atoms with Crippen molar-refractivity contribution >= 4 is 52.2 Å². The van der Waals surface area contributed by atoms with Gasteiger partial charge in [-0.25, -0.2) is 0 Å². The van der Waals surface area contributed by atoms with Crippen LogP contribution in [0.15, 0.2) is 77.7 Å². The molecule has 0 aliphatic carbocycles. The Kier molecular flexibility index (Phi) is 7.35. The molecule has 0 unspecified atom stereocenters. The van der Waals surface area contributed by atoms with Crippen LogP contribution in [0.1, 0.15) is 16.7 Å². The standard InChI is InChI=1S/C26H21ClN2O4S/c1-17-5-4-7-20(13-17)28-24(30)15-29-25(31)23(34-26(29)32)14-18-9-11-21(12-10-18)33-16-19-6-2-3-8-22(19)27/h2-14H,15-16H2,1H3,(H,28,30). The van der Waals surface area contributed by atoms with E-state index in [4.69, 9.17) is 16.3 Å². The minimum atomic E-state index is -0.492. The maximum Gasteiger partial charge on any atom is 0.294 e. The number of hydrogen-bond acceptors (Lipinski definition) is 5. The van der Waals surface area contributed by atoms with Crippen molar-refractivity contribution in [2.45, 2.75) is 13.5 Å². The Balaban J connectivity index is 1.36. The Bertz CT molecular complexity index is 1270. The van der Waals surface area contributed by atoms with Gasteiger partial charge in [0.25, 0.3) is 11.1 Å². The first-order chi connectivity index (χ1) is 16.4. The van der Waals surface area contributed by atoms with Gasteiger partial charge < -0.3 is 10.1 Å². The zero-order valence-corrected chi connectivity index (χ0v) is 19.9. The summed E-state index contributed by atoms with van der Waals surface area (Å²) < 4.78 is 5.77. The molecular formula is C26H21ClN2O4S. The quantitative estimate of drug-likeness (QED) is 0.415. The summed E-state index contributed by atoms with van der Waals surface area (Å²) in [6, 6.07) is 21.9. The molecule has 1 saturated heterocycles. The molecule has 4 rings (SSSR count). The fraction of sp³-hybridized carbons (Fsp3) is 0.115. The van der Waals surface area contributed by atoms with Gasteiger partial charge >= 0.3 is 0 Å². The largest absolute Gasteiger partial charge is 0.489 e. The van der Waals surface area contributed by atoms with Crippen molar-refractivity contribution in [1.82, 2.24) is 4.90 Å². The lowest BCUT2D eigenvalue weighted by molar-refractivity contribution is -0.127. The fourth-order valence-electron chi connectivity index (χ4n) is 3.29. The third-order valence-electron chi connectivity index (χ3n) is 5.01. The number of hydrogen-bond donors (Lipinski definition) is 1. The second kappa shape index (κ2) is 10.6. The van der Waals surface area contributed by atoms with E-state index in [1.54, 1.807) is 36.4 Å². The highest BCUT2D eigenvalue weighted by molar-refractivity contribution is 8.18. The van der Waals surface area contributed by atoms with E-state index in [0.717, 1.165) is 33.4 Å². The molecule has 0 radical (unpaired) electrons. The topological polar surface area (TPSA) is 75.7 Å². The van der Waals surface area contributed by atoms with Crippen molar-refractivity contribution in [1.29, 1.82) is 0 Å². The van der Waals surface area contributed by atoms with E-state index in [2.05, 4.69) is 5.32 Å². The third-order valence-corrected chi connectivity index (χ3v) is 6.28. The molecule has 3 aromatic carbocycles. The summed E-state index contributed by atoms with van der Waals surface area (Å²) in [7, 11) is 0. The van der Waals surface area contributed by atoms with Gasteiger partial charge in [0.2, 0.25) is 5.91 Å². The molecule has 34 heavy (non-hydrogen) atoms. The molecule has 0 saturated carbocycles. The molecule has 8 heteroatoms. The minimum Gasteiger partial charge on any atom is -0.489 e. The zero-order valence-electron chi connectivity index (χ0n) is 18.3. The van der Waals surface area contributed by atoms with Crippen molar-refractivity contribution in [3.8, 4) is 5.75 Å². The number of benzene rings is 3. The number of thioether (sulfide) groups is 1. The lowest BCUT2D eigenvalue weighted by Gasteiger charge is -2.12. The number of carbonyl (C=O) groups is 3. The Hall–Kier alpha value is -3.55. The molecule has 6 nitrogen and oxygen atoms in total. The van der Waals surface area contributed by atoms with Crippen LogP contribution in [0.2, 0.25) is 5.02 Å². The van der Waals surface area contributed by atoms with Crippen molar-refractivity contribution in [3.05, 3.63) is 99.4 Å². The summed E-state index contributed by atoms with van der Waals surface area (Å²) in [6.45, 7) is 1.90. The number of imide groups is 1. The number of halogens is 1. The van der Waals surface area contributed by atoms with Crippen molar-refractivity contribution in [3.63, 3.8) is 0 Å². The average Bonchev–Trinajstić information content (AvgIpc) is 3.07. The predicted molar refractivity (Wildman–Crippen MR) is 135 cm³/mol. The smallest absolute Gasteiger partial charge is 0.294 e. The molecule has 172 valence electrons. The number of rotatable bonds is 7. The predicted octanol–water partition coefficient (Wildman–Crippen LogP) is 5.90. The van der Waals surface area contributed by atoms with Crippen LogP contribution in [0.25, 0.3) is 6.08 Å². The van der Waals surface area contributed by atoms with Crippen LogP contribution < -0.4 is 10.1 Å². The first kappa shape index (κ1) is 23.6. The van der Waals surface area contributed by atoms with E-state index in [0.29, 0.717) is 23.1 Å². The SMILES string of the molecule is Cc1cccc(NC(=O)CN2C(=O)SC(=Cc3ccc(OCc4ccccc4Cl)cc3)C2=O)c1. The van der Waals surface area contributed by atoms with E-state index in [9.17, 15) is 14.4 Å². The fourth-order valence-corrected chi connectivity index (χ4v) is 4.32. The van der Waals surface area contributed by atoms with Crippen molar-refractivity contribution in [2.24, 2.45) is 0 Å². The zero-order chi connectivity index (χ0) is 24.1. The number of anilines is 1. The summed E-state index contributed by atoms with van der Waals surface area (Å²) >= 11 is 6.96. The van der Waals surface area contributed by atoms with E-state index in [1.807, 2.05) is 49.4 Å². The summed E-state index contributed by atoms with van der Waals surface area (Å²) in [4.78, 5) is 38.6. The Morgan fingerprint density at radius 1 is 1.06 bits per heavy atom. The molecule has 1 aliphatic heterocycles. The number of nitrogens with one attached hydrogen (secondary N) is 1. The van der Waals surface area contributed by atoms with Crippen LogP contribution in [0.3, 0.4) is 0 Å². The number of aryl methyl sites for hydroxylation is 1. The van der Waals surface area contributed by atoms with E-state index >= 15 is 0 Å². The van der Waals surface area contributed by atoms with Gasteiger partial charge in [0.1, 0.15) is 18.9 Å². The second-order valence-electron chi connectivity index (χ2n) is 7.63. The number of nitrogens with zero attached hydrogens (tertiary/aromatic N) is 1. The van der Waals surface area contributed by atoms with Gasteiger partial charge in [-0.05, 0) is 66.2 Å². The highest BCUT2D eigenvalue weighted by atomic mass is 35.5. The Morgan fingerprint density at radius 2 is 1.82 bits per heavy atom. The van der Waals surface area contributed by atoms with Gasteiger partial charge in [-0.15, -0.1) is 0 Å². The highest BCUT2D eigenvalue weighted by Crippen LogP contribution is 2.32. The molecule has 1 aliphatic rings. The van der Waals surface area contributed by atoms with Gasteiger partial charge in [0, 0.05) is 16.3 Å². The monoisotopic (exact) mass is 492 g/mol.